The van der Waals surface area contributed by atoms with Crippen molar-refractivity contribution in [1.82, 2.24) is 0 Å². The van der Waals surface area contributed by atoms with Crippen molar-refractivity contribution in [2.24, 2.45) is 0 Å². The largest absolute Gasteiger partial charge is 0.393 e. The third-order valence-corrected chi connectivity index (χ3v) is 2.51. The van der Waals surface area contributed by atoms with Gasteiger partial charge in [0.1, 0.15) is 6.29 Å². The van der Waals surface area contributed by atoms with Crippen molar-refractivity contribution < 1.29 is 9.90 Å². The minimum Gasteiger partial charge on any atom is -0.393 e. The van der Waals surface area contributed by atoms with Gasteiger partial charge >= 0.3 is 0 Å². The van der Waals surface area contributed by atoms with Crippen LogP contribution < -0.4 is 0 Å². The molecule has 1 atom stereocenters. The van der Waals surface area contributed by atoms with Gasteiger partial charge < -0.3 is 9.90 Å². The Labute approximate surface area is 87.7 Å². The number of rotatable bonds is 10. The number of aliphatic hydroxyl groups is 1. The van der Waals surface area contributed by atoms with Crippen molar-refractivity contribution in [2.75, 3.05) is 0 Å². The van der Waals surface area contributed by atoms with E-state index >= 15 is 0 Å². The van der Waals surface area contributed by atoms with Gasteiger partial charge in [-0.2, -0.15) is 0 Å². The lowest BCUT2D eigenvalue weighted by atomic mass is 10.0. The highest BCUT2D eigenvalue weighted by molar-refractivity contribution is 5.49. The van der Waals surface area contributed by atoms with Crippen molar-refractivity contribution in [2.45, 2.75) is 70.8 Å². The molecule has 0 rings (SSSR count). The normalized spacial score (nSPS) is 12.7. The molecule has 0 heterocycles. The van der Waals surface area contributed by atoms with Gasteiger partial charge in [0, 0.05) is 6.42 Å². The molecule has 0 aliphatic carbocycles. The van der Waals surface area contributed by atoms with Crippen LogP contribution in [-0.4, -0.2) is 17.5 Å². The zero-order valence-corrected chi connectivity index (χ0v) is 9.37. The predicted octanol–water partition coefficient (Wildman–Crippen LogP) is 3.08. The van der Waals surface area contributed by atoms with Crippen LogP contribution in [0.4, 0.5) is 0 Å². The van der Waals surface area contributed by atoms with Crippen molar-refractivity contribution in [3.05, 3.63) is 0 Å². The van der Waals surface area contributed by atoms with Gasteiger partial charge in [-0.3, -0.25) is 0 Å². The summed E-state index contributed by atoms with van der Waals surface area (Å²) in [4.78, 5) is 10.0. The molecule has 84 valence electrons. The van der Waals surface area contributed by atoms with Gasteiger partial charge in [0.15, 0.2) is 0 Å². The summed E-state index contributed by atoms with van der Waals surface area (Å²) in [5.74, 6) is 0. The van der Waals surface area contributed by atoms with Gasteiger partial charge in [-0.05, 0) is 12.8 Å². The Balaban J connectivity index is 3.06. The van der Waals surface area contributed by atoms with Crippen LogP contribution >= 0.6 is 0 Å². The summed E-state index contributed by atoms with van der Waals surface area (Å²) in [6.07, 6.45) is 10.2. The van der Waals surface area contributed by atoms with Crippen LogP contribution in [0, 0.1) is 0 Å². The first kappa shape index (κ1) is 13.6. The van der Waals surface area contributed by atoms with Gasteiger partial charge in [0.05, 0.1) is 6.10 Å². The SMILES string of the molecule is CCCCCCCCC(O)CCC=O. The van der Waals surface area contributed by atoms with Gasteiger partial charge in [0.2, 0.25) is 0 Å². The molecule has 0 saturated heterocycles. The molecule has 0 aliphatic rings. The van der Waals surface area contributed by atoms with Crippen molar-refractivity contribution in [3.63, 3.8) is 0 Å². The third kappa shape index (κ3) is 9.72. The molecule has 1 unspecified atom stereocenters. The summed E-state index contributed by atoms with van der Waals surface area (Å²) < 4.78 is 0. The van der Waals surface area contributed by atoms with E-state index in [0.29, 0.717) is 12.8 Å². The lowest BCUT2D eigenvalue weighted by molar-refractivity contribution is -0.108. The average molecular weight is 200 g/mol. The van der Waals surface area contributed by atoms with E-state index < -0.39 is 0 Å². The maximum atomic E-state index is 10.0. The van der Waals surface area contributed by atoms with E-state index in [1.54, 1.807) is 0 Å². The molecular weight excluding hydrogens is 176 g/mol. The molecule has 0 aromatic rings. The molecule has 0 fully saturated rings. The second kappa shape index (κ2) is 10.7. The first-order valence-corrected chi connectivity index (χ1v) is 5.93. The summed E-state index contributed by atoms with van der Waals surface area (Å²) in [6, 6.07) is 0. The number of aldehydes is 1. The molecular formula is C12H24O2. The van der Waals surface area contributed by atoms with E-state index in [4.69, 9.17) is 0 Å². The van der Waals surface area contributed by atoms with Gasteiger partial charge in [-0.25, -0.2) is 0 Å². The third-order valence-electron chi connectivity index (χ3n) is 2.51. The van der Waals surface area contributed by atoms with Crippen molar-refractivity contribution in [1.29, 1.82) is 0 Å². The number of hydrogen-bond acceptors (Lipinski definition) is 2. The molecule has 2 nitrogen and oxygen atoms in total. The molecule has 0 spiro atoms. The molecule has 1 N–H and O–H groups in total. The van der Waals surface area contributed by atoms with Crippen LogP contribution in [-0.2, 0) is 4.79 Å². The van der Waals surface area contributed by atoms with E-state index in [1.807, 2.05) is 0 Å². The molecule has 0 aromatic carbocycles. The van der Waals surface area contributed by atoms with Crippen LogP contribution in [0.2, 0.25) is 0 Å². The lowest BCUT2D eigenvalue weighted by Crippen LogP contribution is -2.06. The quantitative estimate of drug-likeness (QED) is 0.434. The Bertz CT molecular complexity index is 123. The Kier molecular flexibility index (Phi) is 10.4. The number of unbranched alkanes of at least 4 members (excludes halogenated alkanes) is 5. The van der Waals surface area contributed by atoms with Crippen LogP contribution in [0.25, 0.3) is 0 Å². The highest BCUT2D eigenvalue weighted by Crippen LogP contribution is 2.10. The summed E-state index contributed by atoms with van der Waals surface area (Å²) in [5.41, 5.74) is 0. The minimum absolute atomic E-state index is 0.258. The fraction of sp³-hybridized carbons (Fsp3) is 0.917. The minimum atomic E-state index is -0.258. The molecule has 0 amide bonds. The van der Waals surface area contributed by atoms with Crippen molar-refractivity contribution in [3.8, 4) is 0 Å². The molecule has 14 heavy (non-hydrogen) atoms. The molecule has 0 saturated carbocycles. The zero-order valence-electron chi connectivity index (χ0n) is 9.37. The second-order valence-electron chi connectivity index (χ2n) is 3.95. The smallest absolute Gasteiger partial charge is 0.120 e. The Hall–Kier alpha value is -0.370. The summed E-state index contributed by atoms with van der Waals surface area (Å²) in [6.45, 7) is 2.21. The number of carbonyl (C=O) groups excluding carboxylic acids is 1. The van der Waals surface area contributed by atoms with E-state index in [-0.39, 0.29) is 6.10 Å². The van der Waals surface area contributed by atoms with E-state index in [9.17, 15) is 9.90 Å². The molecule has 0 aliphatic heterocycles. The van der Waals surface area contributed by atoms with E-state index in [0.717, 1.165) is 19.1 Å². The van der Waals surface area contributed by atoms with Crippen LogP contribution in [0.5, 0.6) is 0 Å². The standard InChI is InChI=1S/C12H24O2/c1-2-3-4-5-6-7-9-12(14)10-8-11-13/h11-12,14H,2-10H2,1H3. The van der Waals surface area contributed by atoms with Crippen LogP contribution in [0.3, 0.4) is 0 Å². The maximum absolute atomic E-state index is 10.0. The first-order valence-electron chi connectivity index (χ1n) is 5.93. The molecule has 0 aromatic heterocycles. The van der Waals surface area contributed by atoms with Gasteiger partial charge in [-0.1, -0.05) is 45.4 Å². The second-order valence-corrected chi connectivity index (χ2v) is 3.95. The van der Waals surface area contributed by atoms with Crippen molar-refractivity contribution >= 4 is 6.29 Å². The fourth-order valence-electron chi connectivity index (χ4n) is 1.57. The lowest BCUT2D eigenvalue weighted by Gasteiger charge is -2.07. The van der Waals surface area contributed by atoms with E-state index in [2.05, 4.69) is 6.92 Å². The van der Waals surface area contributed by atoms with Gasteiger partial charge in [0.25, 0.3) is 0 Å². The summed E-state index contributed by atoms with van der Waals surface area (Å²) >= 11 is 0. The topological polar surface area (TPSA) is 37.3 Å². The maximum Gasteiger partial charge on any atom is 0.120 e. The molecule has 0 bridgehead atoms. The zero-order chi connectivity index (χ0) is 10.6. The van der Waals surface area contributed by atoms with Crippen LogP contribution in [0.15, 0.2) is 0 Å². The average Bonchev–Trinajstić information content (AvgIpc) is 2.20. The molecule has 2 heteroatoms. The first-order chi connectivity index (χ1) is 6.81. The van der Waals surface area contributed by atoms with Gasteiger partial charge in [-0.15, -0.1) is 0 Å². The monoisotopic (exact) mass is 200 g/mol. The molecule has 0 radical (unpaired) electrons. The summed E-state index contributed by atoms with van der Waals surface area (Å²) in [7, 11) is 0. The van der Waals surface area contributed by atoms with E-state index in [1.165, 1.54) is 32.1 Å². The Morgan fingerprint density at radius 3 is 2.36 bits per heavy atom. The summed E-state index contributed by atoms with van der Waals surface area (Å²) in [5, 5.41) is 9.42. The highest BCUT2D eigenvalue weighted by atomic mass is 16.3. The fourth-order valence-corrected chi connectivity index (χ4v) is 1.57. The van der Waals surface area contributed by atoms with Crippen LogP contribution in [0.1, 0.15) is 64.7 Å². The highest BCUT2D eigenvalue weighted by Gasteiger charge is 2.02. The number of aliphatic hydroxyl groups excluding tert-OH is 1. The Morgan fingerprint density at radius 1 is 1.07 bits per heavy atom. The number of carbonyl (C=O) groups is 1. The number of hydrogen-bond donors (Lipinski definition) is 1. The Morgan fingerprint density at radius 2 is 1.71 bits per heavy atom. The predicted molar refractivity (Wildman–Crippen MR) is 59.3 cm³/mol.